The third-order valence-corrected chi connectivity index (χ3v) is 6.03. The highest BCUT2D eigenvalue weighted by Crippen LogP contribution is 2.41. The molecule has 0 radical (unpaired) electrons. The summed E-state index contributed by atoms with van der Waals surface area (Å²) in [4.78, 5) is 16.8. The molecular formula is C23H41N3O3. The van der Waals surface area contributed by atoms with Crippen molar-refractivity contribution in [2.24, 2.45) is 17.3 Å². The fourth-order valence-corrected chi connectivity index (χ4v) is 4.52. The van der Waals surface area contributed by atoms with Crippen molar-refractivity contribution in [1.82, 2.24) is 15.5 Å². The number of nitrogens with one attached hydrogen (secondary N) is 1. The van der Waals surface area contributed by atoms with Gasteiger partial charge in [0.05, 0.1) is 18.4 Å². The Morgan fingerprint density at radius 2 is 1.83 bits per heavy atom. The summed E-state index contributed by atoms with van der Waals surface area (Å²) in [6.45, 7) is 12.7. The number of aliphatic carboxylic acids is 1. The first-order valence-electron chi connectivity index (χ1n) is 11.3. The number of carbonyl (C=O) groups is 1. The summed E-state index contributed by atoms with van der Waals surface area (Å²) in [6.07, 6.45) is 9.61. The van der Waals surface area contributed by atoms with Crippen LogP contribution in [0.5, 0.6) is 0 Å². The predicted molar refractivity (Wildman–Crippen MR) is 115 cm³/mol. The van der Waals surface area contributed by atoms with Crippen molar-refractivity contribution < 1.29 is 14.4 Å². The number of carboxylic acid groups (broad SMARTS) is 1. The number of hydrogen-bond donors (Lipinski definition) is 2. The van der Waals surface area contributed by atoms with E-state index in [1.807, 2.05) is 20.8 Å². The average molecular weight is 408 g/mol. The molecule has 1 saturated carbocycles. The Morgan fingerprint density at radius 3 is 2.38 bits per heavy atom. The van der Waals surface area contributed by atoms with Crippen molar-refractivity contribution in [3.63, 3.8) is 0 Å². The zero-order valence-electron chi connectivity index (χ0n) is 19.3. The minimum atomic E-state index is -0.785. The lowest BCUT2D eigenvalue weighted by Crippen LogP contribution is -2.35. The zero-order valence-corrected chi connectivity index (χ0v) is 19.3. The summed E-state index contributed by atoms with van der Waals surface area (Å²) in [6, 6.07) is 0. The van der Waals surface area contributed by atoms with E-state index in [1.54, 1.807) is 0 Å². The van der Waals surface area contributed by atoms with Gasteiger partial charge in [0.25, 0.3) is 0 Å². The monoisotopic (exact) mass is 407 g/mol. The first kappa shape index (κ1) is 23.8. The number of rotatable bonds is 9. The molecule has 1 aliphatic carbocycles. The van der Waals surface area contributed by atoms with Gasteiger partial charge in [-0.05, 0) is 38.5 Å². The molecule has 1 fully saturated rings. The van der Waals surface area contributed by atoms with Crippen LogP contribution >= 0.6 is 0 Å². The van der Waals surface area contributed by atoms with Gasteiger partial charge in [0, 0.05) is 5.54 Å². The summed E-state index contributed by atoms with van der Waals surface area (Å²) in [5.41, 5.74) is -0.436. The van der Waals surface area contributed by atoms with Crippen molar-refractivity contribution in [3.05, 3.63) is 11.7 Å². The van der Waals surface area contributed by atoms with Gasteiger partial charge >= 0.3 is 5.97 Å². The molecule has 0 bridgehead atoms. The Bertz CT molecular complexity index is 637. The highest BCUT2D eigenvalue weighted by molar-refractivity contribution is 5.72. The molecule has 1 aromatic heterocycles. The smallest absolute Gasteiger partial charge is 0.307 e. The van der Waals surface area contributed by atoms with Gasteiger partial charge in [0.2, 0.25) is 5.89 Å². The third kappa shape index (κ3) is 7.72. The van der Waals surface area contributed by atoms with Crippen LogP contribution in [0.25, 0.3) is 0 Å². The van der Waals surface area contributed by atoms with Crippen LogP contribution in [0, 0.1) is 17.3 Å². The lowest BCUT2D eigenvalue weighted by atomic mass is 9.71. The molecule has 2 rings (SSSR count). The van der Waals surface area contributed by atoms with E-state index >= 15 is 0 Å². The minimum absolute atomic E-state index is 0.0464. The van der Waals surface area contributed by atoms with Crippen LogP contribution in [-0.4, -0.2) is 26.8 Å². The molecule has 2 N–H and O–H groups in total. The van der Waals surface area contributed by atoms with E-state index < -0.39 is 11.9 Å². The van der Waals surface area contributed by atoms with Gasteiger partial charge in [0.15, 0.2) is 5.82 Å². The molecule has 1 aromatic rings. The summed E-state index contributed by atoms with van der Waals surface area (Å²) in [5.74, 6) is 0.251. The molecular weight excluding hydrogens is 366 g/mol. The van der Waals surface area contributed by atoms with Crippen molar-refractivity contribution in [2.45, 2.75) is 111 Å². The molecule has 0 spiro atoms. The van der Waals surface area contributed by atoms with E-state index in [-0.39, 0.29) is 16.9 Å². The molecule has 0 saturated heterocycles. The van der Waals surface area contributed by atoms with Crippen molar-refractivity contribution >= 4 is 5.97 Å². The summed E-state index contributed by atoms with van der Waals surface area (Å²) < 4.78 is 5.60. The highest BCUT2D eigenvalue weighted by atomic mass is 16.5. The van der Waals surface area contributed by atoms with Gasteiger partial charge < -0.3 is 14.9 Å². The van der Waals surface area contributed by atoms with Gasteiger partial charge in [-0.15, -0.1) is 0 Å². The van der Waals surface area contributed by atoms with Gasteiger partial charge in [-0.3, -0.25) is 4.79 Å². The Hall–Kier alpha value is -1.43. The van der Waals surface area contributed by atoms with E-state index in [1.165, 1.54) is 38.5 Å². The van der Waals surface area contributed by atoms with Crippen LogP contribution in [0.4, 0.5) is 0 Å². The van der Waals surface area contributed by atoms with Crippen LogP contribution in [0.2, 0.25) is 0 Å². The first-order chi connectivity index (χ1) is 13.5. The summed E-state index contributed by atoms with van der Waals surface area (Å²) >= 11 is 0. The van der Waals surface area contributed by atoms with E-state index in [4.69, 9.17) is 4.52 Å². The lowest BCUT2D eigenvalue weighted by molar-refractivity contribution is -0.147. The maximum Gasteiger partial charge on any atom is 0.307 e. The van der Waals surface area contributed by atoms with Crippen molar-refractivity contribution in [3.8, 4) is 0 Å². The summed E-state index contributed by atoms with van der Waals surface area (Å²) in [5, 5.41) is 17.5. The Kier molecular flexibility index (Phi) is 8.27. The summed E-state index contributed by atoms with van der Waals surface area (Å²) in [7, 11) is 0. The molecule has 1 heterocycles. The molecule has 6 heteroatoms. The lowest BCUT2D eigenvalue weighted by Gasteiger charge is -2.32. The van der Waals surface area contributed by atoms with Gasteiger partial charge in [-0.25, -0.2) is 0 Å². The second-order valence-electron chi connectivity index (χ2n) is 10.9. The molecule has 1 unspecified atom stereocenters. The average Bonchev–Trinajstić information content (AvgIpc) is 3.07. The van der Waals surface area contributed by atoms with Crippen LogP contribution in [-0.2, 0) is 11.3 Å². The highest BCUT2D eigenvalue weighted by Gasteiger charge is 2.41. The van der Waals surface area contributed by atoms with Crippen LogP contribution in [0.15, 0.2) is 4.52 Å². The molecule has 0 aliphatic heterocycles. The maximum atomic E-state index is 12.2. The topological polar surface area (TPSA) is 88.2 Å². The molecule has 0 aromatic carbocycles. The zero-order chi connectivity index (χ0) is 21.7. The third-order valence-electron chi connectivity index (χ3n) is 6.03. The normalized spacial score (nSPS) is 18.6. The van der Waals surface area contributed by atoms with E-state index in [9.17, 15) is 9.90 Å². The van der Waals surface area contributed by atoms with Gasteiger partial charge in [-0.1, -0.05) is 70.9 Å². The van der Waals surface area contributed by atoms with Crippen molar-refractivity contribution in [1.29, 1.82) is 0 Å². The van der Waals surface area contributed by atoms with Crippen molar-refractivity contribution in [2.75, 3.05) is 0 Å². The van der Waals surface area contributed by atoms with E-state index in [0.29, 0.717) is 18.3 Å². The van der Waals surface area contributed by atoms with Crippen LogP contribution < -0.4 is 5.32 Å². The second kappa shape index (κ2) is 10.1. The molecule has 2 atom stereocenters. The molecule has 166 valence electrons. The Balaban J connectivity index is 2.13. The molecule has 29 heavy (non-hydrogen) atoms. The van der Waals surface area contributed by atoms with E-state index in [2.05, 4.69) is 36.2 Å². The minimum Gasteiger partial charge on any atom is -0.481 e. The Labute approximate surface area is 176 Å². The maximum absolute atomic E-state index is 12.2. The fraction of sp³-hybridized carbons (Fsp3) is 0.870. The second-order valence-corrected chi connectivity index (χ2v) is 10.9. The standard InChI is InChI=1S/C23H41N3O3/c1-22(2,3)19(21(27)28)17(14-10-13-16-11-8-7-9-12-16)20-25-18(26-29-20)15-24-23(4,5)6/h16-17,19,24H,7-15H2,1-6H3,(H,27,28)/t17-,19?/m1/s1. The molecule has 0 amide bonds. The SMILES string of the molecule is CC(C)(C)NCc1noc([C@H](CCCC2CCCCC2)C(C(=O)O)C(C)(C)C)n1. The van der Waals surface area contributed by atoms with Gasteiger partial charge in [0.1, 0.15) is 0 Å². The largest absolute Gasteiger partial charge is 0.481 e. The quantitative estimate of drug-likeness (QED) is 0.559. The van der Waals surface area contributed by atoms with Crippen LogP contribution in [0.1, 0.15) is 111 Å². The van der Waals surface area contributed by atoms with Gasteiger partial charge in [-0.2, -0.15) is 4.98 Å². The fourth-order valence-electron chi connectivity index (χ4n) is 4.52. The van der Waals surface area contributed by atoms with E-state index in [0.717, 1.165) is 18.8 Å². The number of nitrogens with zero attached hydrogens (tertiary/aromatic N) is 2. The number of hydrogen-bond acceptors (Lipinski definition) is 5. The molecule has 6 nitrogen and oxygen atoms in total. The molecule has 1 aliphatic rings. The number of aromatic nitrogens is 2. The predicted octanol–water partition coefficient (Wildman–Crippen LogP) is 5.54. The Morgan fingerprint density at radius 1 is 1.17 bits per heavy atom. The van der Waals surface area contributed by atoms with Crippen LogP contribution in [0.3, 0.4) is 0 Å². The number of carboxylic acids is 1. The first-order valence-corrected chi connectivity index (χ1v) is 11.3.